The van der Waals surface area contributed by atoms with E-state index < -0.39 is 0 Å². The fourth-order valence-electron chi connectivity index (χ4n) is 3.00. The van der Waals surface area contributed by atoms with E-state index in [1.807, 2.05) is 12.3 Å². The van der Waals surface area contributed by atoms with Crippen molar-refractivity contribution in [2.24, 2.45) is 0 Å². The van der Waals surface area contributed by atoms with E-state index in [0.29, 0.717) is 17.7 Å². The van der Waals surface area contributed by atoms with Gasteiger partial charge >= 0.3 is 0 Å². The number of H-pyrrole nitrogens is 1. The van der Waals surface area contributed by atoms with Gasteiger partial charge in [-0.3, -0.25) is 15.0 Å². The van der Waals surface area contributed by atoms with Gasteiger partial charge in [-0.1, -0.05) is 24.7 Å². The van der Waals surface area contributed by atoms with Crippen LogP contribution in [0.3, 0.4) is 0 Å². The van der Waals surface area contributed by atoms with E-state index in [0.717, 1.165) is 43.7 Å². The van der Waals surface area contributed by atoms with Crippen molar-refractivity contribution in [1.82, 2.24) is 20.1 Å². The fourth-order valence-corrected chi connectivity index (χ4v) is 3.79. The maximum absolute atomic E-state index is 12.3. The normalized spacial score (nSPS) is 18.4. The van der Waals surface area contributed by atoms with Crippen LogP contribution in [0.5, 0.6) is 0 Å². The van der Waals surface area contributed by atoms with Gasteiger partial charge in [0.2, 0.25) is 11.0 Å². The molecule has 1 saturated heterocycles. The number of amides is 1. The lowest BCUT2D eigenvalue weighted by atomic mass is 10.1. The molecule has 0 saturated carbocycles. The van der Waals surface area contributed by atoms with Gasteiger partial charge in [0.15, 0.2) is 0 Å². The van der Waals surface area contributed by atoms with Crippen molar-refractivity contribution in [3.63, 3.8) is 0 Å². The number of nitrogens with zero attached hydrogens (tertiary/aromatic N) is 3. The van der Waals surface area contributed by atoms with E-state index in [4.69, 9.17) is 0 Å². The van der Waals surface area contributed by atoms with Crippen molar-refractivity contribution in [2.75, 3.05) is 18.4 Å². The van der Waals surface area contributed by atoms with Crippen LogP contribution in [-0.2, 0) is 11.2 Å². The number of aryl methyl sites for hydroxylation is 1. The summed E-state index contributed by atoms with van der Waals surface area (Å²) in [7, 11) is 0. The highest BCUT2D eigenvalue weighted by Crippen LogP contribution is 2.30. The Labute approximate surface area is 140 Å². The Balaban J connectivity index is 1.53. The number of unbranched alkanes of at least 4 members (excludes halogenated alkanes) is 1. The molecular formula is C16H23N5OS. The molecule has 3 heterocycles. The number of rotatable bonds is 7. The van der Waals surface area contributed by atoms with Gasteiger partial charge in [-0.05, 0) is 37.9 Å². The Morgan fingerprint density at radius 3 is 3.22 bits per heavy atom. The first-order chi connectivity index (χ1) is 11.3. The second kappa shape index (κ2) is 7.70. The van der Waals surface area contributed by atoms with Gasteiger partial charge in [0.05, 0.1) is 12.6 Å². The summed E-state index contributed by atoms with van der Waals surface area (Å²) in [6, 6.07) is 4.40. The standard InChI is InChI=1S/C16H23N5OS/c1-2-3-8-15-19-20-16(23-15)18-14(22)11-21-10-5-7-13(21)12-6-4-9-17-12/h4,6,9,13,17H,2-3,5,7-8,10-11H2,1H3,(H,18,20,22). The third kappa shape index (κ3) is 4.17. The molecule has 7 heteroatoms. The van der Waals surface area contributed by atoms with Crippen LogP contribution in [0, 0.1) is 0 Å². The Bertz CT molecular complexity index is 624. The lowest BCUT2D eigenvalue weighted by molar-refractivity contribution is -0.117. The van der Waals surface area contributed by atoms with Gasteiger partial charge in [0.1, 0.15) is 5.01 Å². The monoisotopic (exact) mass is 333 g/mol. The van der Waals surface area contributed by atoms with Gasteiger partial charge in [-0.15, -0.1) is 10.2 Å². The Kier molecular flexibility index (Phi) is 5.40. The summed E-state index contributed by atoms with van der Waals surface area (Å²) < 4.78 is 0. The van der Waals surface area contributed by atoms with Gasteiger partial charge in [-0.25, -0.2) is 0 Å². The molecule has 2 N–H and O–H groups in total. The minimum atomic E-state index is -0.0124. The lowest BCUT2D eigenvalue weighted by Crippen LogP contribution is -2.33. The first kappa shape index (κ1) is 16.1. The van der Waals surface area contributed by atoms with E-state index >= 15 is 0 Å². The zero-order chi connectivity index (χ0) is 16.1. The van der Waals surface area contributed by atoms with Crippen LogP contribution in [0.2, 0.25) is 0 Å². The van der Waals surface area contributed by atoms with Gasteiger partial charge in [-0.2, -0.15) is 0 Å². The van der Waals surface area contributed by atoms with Crippen molar-refractivity contribution < 1.29 is 4.79 Å². The molecule has 6 nitrogen and oxygen atoms in total. The van der Waals surface area contributed by atoms with Crippen LogP contribution < -0.4 is 5.32 Å². The van der Waals surface area contributed by atoms with E-state index in [1.165, 1.54) is 17.0 Å². The molecule has 1 aliphatic rings. The van der Waals surface area contributed by atoms with Gasteiger partial charge in [0, 0.05) is 18.3 Å². The molecule has 1 unspecified atom stereocenters. The predicted octanol–water partition coefficient (Wildman–Crippen LogP) is 2.98. The van der Waals surface area contributed by atoms with Crippen LogP contribution in [-0.4, -0.2) is 39.1 Å². The van der Waals surface area contributed by atoms with Gasteiger partial charge < -0.3 is 4.98 Å². The van der Waals surface area contributed by atoms with E-state index in [1.54, 1.807) is 0 Å². The molecule has 23 heavy (non-hydrogen) atoms. The molecule has 1 aliphatic heterocycles. The van der Waals surface area contributed by atoms with Crippen LogP contribution in [0.1, 0.15) is 49.4 Å². The summed E-state index contributed by atoms with van der Waals surface area (Å²) in [5.74, 6) is -0.0124. The topological polar surface area (TPSA) is 73.9 Å². The maximum Gasteiger partial charge on any atom is 0.240 e. The van der Waals surface area contributed by atoms with Crippen LogP contribution in [0.4, 0.5) is 5.13 Å². The molecule has 1 amide bonds. The Morgan fingerprint density at radius 1 is 1.52 bits per heavy atom. The summed E-state index contributed by atoms with van der Waals surface area (Å²) in [5, 5.41) is 12.7. The summed E-state index contributed by atoms with van der Waals surface area (Å²) in [6.07, 6.45) is 7.32. The number of aromatic nitrogens is 3. The molecule has 0 spiro atoms. The first-order valence-corrected chi connectivity index (χ1v) is 9.07. The van der Waals surface area contributed by atoms with Gasteiger partial charge in [0.25, 0.3) is 0 Å². The molecule has 124 valence electrons. The quantitative estimate of drug-likeness (QED) is 0.817. The van der Waals surface area contributed by atoms with E-state index in [9.17, 15) is 4.79 Å². The van der Waals surface area contributed by atoms with Crippen LogP contribution >= 0.6 is 11.3 Å². The third-order valence-corrected chi connectivity index (χ3v) is 5.05. The van der Waals surface area contributed by atoms with Crippen molar-refractivity contribution in [3.8, 4) is 0 Å². The molecule has 3 rings (SSSR count). The smallest absolute Gasteiger partial charge is 0.240 e. The molecule has 0 aliphatic carbocycles. The van der Waals surface area contributed by atoms with E-state index in [-0.39, 0.29) is 5.91 Å². The zero-order valence-electron chi connectivity index (χ0n) is 13.4. The number of carbonyl (C=O) groups is 1. The molecule has 1 atom stereocenters. The summed E-state index contributed by atoms with van der Waals surface area (Å²) in [6.45, 7) is 3.50. The summed E-state index contributed by atoms with van der Waals surface area (Å²) in [4.78, 5) is 17.8. The number of hydrogen-bond acceptors (Lipinski definition) is 5. The number of likely N-dealkylation sites (tertiary alicyclic amines) is 1. The third-order valence-electron chi connectivity index (χ3n) is 4.15. The number of nitrogens with one attached hydrogen (secondary N) is 2. The average molecular weight is 333 g/mol. The highest BCUT2D eigenvalue weighted by molar-refractivity contribution is 7.15. The highest BCUT2D eigenvalue weighted by atomic mass is 32.1. The number of anilines is 1. The maximum atomic E-state index is 12.3. The summed E-state index contributed by atoms with van der Waals surface area (Å²) >= 11 is 1.48. The molecule has 2 aromatic rings. The van der Waals surface area contributed by atoms with Crippen molar-refractivity contribution in [2.45, 2.75) is 45.1 Å². The Morgan fingerprint density at radius 2 is 2.43 bits per heavy atom. The second-order valence-corrected chi connectivity index (χ2v) is 6.97. The lowest BCUT2D eigenvalue weighted by Gasteiger charge is -2.22. The minimum Gasteiger partial charge on any atom is -0.364 e. The van der Waals surface area contributed by atoms with E-state index in [2.05, 4.69) is 38.4 Å². The second-order valence-electron chi connectivity index (χ2n) is 5.91. The van der Waals surface area contributed by atoms with Crippen molar-refractivity contribution >= 4 is 22.4 Å². The molecule has 0 bridgehead atoms. The van der Waals surface area contributed by atoms with Crippen molar-refractivity contribution in [3.05, 3.63) is 29.0 Å². The average Bonchev–Trinajstić information content (AvgIpc) is 3.26. The molecule has 0 aromatic carbocycles. The molecule has 1 fully saturated rings. The van der Waals surface area contributed by atoms with Crippen LogP contribution in [0.25, 0.3) is 0 Å². The Hall–Kier alpha value is -1.73. The number of aromatic amines is 1. The highest BCUT2D eigenvalue weighted by Gasteiger charge is 2.28. The molecule has 0 radical (unpaired) electrons. The fraction of sp³-hybridized carbons (Fsp3) is 0.562. The first-order valence-electron chi connectivity index (χ1n) is 8.26. The molecule has 2 aromatic heterocycles. The number of hydrogen-bond donors (Lipinski definition) is 2. The largest absolute Gasteiger partial charge is 0.364 e. The SMILES string of the molecule is CCCCc1nnc(NC(=O)CN2CCCC2c2ccc[nH]2)s1. The van der Waals surface area contributed by atoms with Crippen molar-refractivity contribution in [1.29, 1.82) is 0 Å². The number of carbonyl (C=O) groups excluding carboxylic acids is 1. The zero-order valence-corrected chi connectivity index (χ0v) is 14.2. The predicted molar refractivity (Wildman–Crippen MR) is 91.5 cm³/mol. The van der Waals surface area contributed by atoms with Crippen LogP contribution in [0.15, 0.2) is 18.3 Å². The summed E-state index contributed by atoms with van der Waals surface area (Å²) in [5.41, 5.74) is 1.19. The molecular weight excluding hydrogens is 310 g/mol. The minimum absolute atomic E-state index is 0.0124.